The summed E-state index contributed by atoms with van der Waals surface area (Å²) in [5.74, 6) is -1.15. The van der Waals surface area contributed by atoms with Gasteiger partial charge in [0.25, 0.3) is 11.5 Å². The maximum Gasteiger partial charge on any atom is 0.268 e. The van der Waals surface area contributed by atoms with Crippen LogP contribution in [0.3, 0.4) is 0 Å². The molecule has 1 atom stereocenters. The SMILES string of the molecule is Cn1c(C(=O)NCC(O)c2ccc(Cl)c(F)c2)cccc1=O. The van der Waals surface area contributed by atoms with Crippen molar-refractivity contribution in [3.8, 4) is 0 Å². The highest BCUT2D eigenvalue weighted by atomic mass is 35.5. The number of pyridine rings is 1. The second-order valence-corrected chi connectivity index (χ2v) is 5.11. The molecule has 1 aromatic carbocycles. The molecule has 0 aliphatic rings. The van der Waals surface area contributed by atoms with Gasteiger partial charge in [-0.2, -0.15) is 0 Å². The summed E-state index contributed by atoms with van der Waals surface area (Å²) in [4.78, 5) is 23.5. The van der Waals surface area contributed by atoms with Crippen LogP contribution < -0.4 is 10.9 Å². The van der Waals surface area contributed by atoms with Gasteiger partial charge in [0, 0.05) is 19.7 Å². The van der Waals surface area contributed by atoms with E-state index in [4.69, 9.17) is 11.6 Å². The van der Waals surface area contributed by atoms with Crippen molar-refractivity contribution in [2.45, 2.75) is 6.10 Å². The molecule has 1 heterocycles. The zero-order valence-electron chi connectivity index (χ0n) is 11.7. The van der Waals surface area contributed by atoms with Gasteiger partial charge in [-0.1, -0.05) is 23.7 Å². The van der Waals surface area contributed by atoms with Gasteiger partial charge in [0.1, 0.15) is 11.5 Å². The van der Waals surface area contributed by atoms with E-state index >= 15 is 0 Å². The second-order valence-electron chi connectivity index (χ2n) is 4.71. The third kappa shape index (κ3) is 3.52. The van der Waals surface area contributed by atoms with Gasteiger partial charge >= 0.3 is 0 Å². The maximum atomic E-state index is 13.3. The van der Waals surface area contributed by atoms with Crippen molar-refractivity contribution < 1.29 is 14.3 Å². The first-order valence-corrected chi connectivity index (χ1v) is 6.85. The number of benzene rings is 1. The van der Waals surface area contributed by atoms with Crippen molar-refractivity contribution in [2.75, 3.05) is 6.54 Å². The molecule has 0 spiro atoms. The third-order valence-corrected chi connectivity index (χ3v) is 3.51. The fraction of sp³-hybridized carbons (Fsp3) is 0.200. The molecule has 0 saturated heterocycles. The quantitative estimate of drug-likeness (QED) is 0.898. The summed E-state index contributed by atoms with van der Waals surface area (Å²) in [7, 11) is 1.47. The Bertz CT molecular complexity index is 761. The minimum atomic E-state index is -1.09. The third-order valence-electron chi connectivity index (χ3n) is 3.20. The number of nitrogens with one attached hydrogen (secondary N) is 1. The first kappa shape index (κ1) is 16.2. The molecule has 0 fully saturated rings. The fourth-order valence-electron chi connectivity index (χ4n) is 1.91. The molecule has 0 aliphatic carbocycles. The number of aliphatic hydroxyl groups excluding tert-OH is 1. The van der Waals surface area contributed by atoms with E-state index in [0.717, 1.165) is 6.07 Å². The smallest absolute Gasteiger partial charge is 0.268 e. The van der Waals surface area contributed by atoms with E-state index in [2.05, 4.69) is 5.32 Å². The monoisotopic (exact) mass is 324 g/mol. The van der Waals surface area contributed by atoms with Gasteiger partial charge in [-0.05, 0) is 23.8 Å². The van der Waals surface area contributed by atoms with Gasteiger partial charge in [0.05, 0.1) is 11.1 Å². The summed E-state index contributed by atoms with van der Waals surface area (Å²) in [5, 5.41) is 12.4. The molecule has 0 bridgehead atoms. The van der Waals surface area contributed by atoms with Gasteiger partial charge in [0.2, 0.25) is 0 Å². The van der Waals surface area contributed by atoms with Crippen LogP contribution in [0, 0.1) is 5.82 Å². The van der Waals surface area contributed by atoms with E-state index in [9.17, 15) is 19.1 Å². The minimum Gasteiger partial charge on any atom is -0.387 e. The number of aliphatic hydroxyl groups is 1. The number of hydrogen-bond donors (Lipinski definition) is 2. The van der Waals surface area contributed by atoms with Gasteiger partial charge < -0.3 is 15.0 Å². The number of rotatable bonds is 4. The zero-order valence-corrected chi connectivity index (χ0v) is 12.5. The molecular weight excluding hydrogens is 311 g/mol. The number of amides is 1. The molecule has 2 rings (SSSR count). The topological polar surface area (TPSA) is 71.3 Å². The summed E-state index contributed by atoms with van der Waals surface area (Å²) in [6.45, 7) is -0.122. The first-order chi connectivity index (χ1) is 10.4. The Morgan fingerprint density at radius 3 is 2.82 bits per heavy atom. The number of nitrogens with zero attached hydrogens (tertiary/aromatic N) is 1. The molecule has 1 unspecified atom stereocenters. The zero-order chi connectivity index (χ0) is 16.3. The minimum absolute atomic E-state index is 0.0423. The molecule has 2 N–H and O–H groups in total. The lowest BCUT2D eigenvalue weighted by Crippen LogP contribution is -2.33. The van der Waals surface area contributed by atoms with Crippen LogP contribution in [-0.2, 0) is 7.05 Å². The summed E-state index contributed by atoms with van der Waals surface area (Å²) in [6.07, 6.45) is -1.09. The Morgan fingerprint density at radius 2 is 2.14 bits per heavy atom. The Morgan fingerprint density at radius 1 is 1.41 bits per heavy atom. The molecule has 1 amide bonds. The average molecular weight is 325 g/mol. The Hall–Kier alpha value is -2.18. The number of aromatic nitrogens is 1. The van der Waals surface area contributed by atoms with Gasteiger partial charge in [0.15, 0.2) is 0 Å². The predicted molar refractivity (Wildman–Crippen MR) is 80.4 cm³/mol. The number of carbonyl (C=O) groups excluding carboxylic acids is 1. The van der Waals surface area contributed by atoms with Crippen molar-refractivity contribution in [2.24, 2.45) is 7.05 Å². The van der Waals surface area contributed by atoms with Crippen LogP contribution in [0.15, 0.2) is 41.2 Å². The highest BCUT2D eigenvalue weighted by molar-refractivity contribution is 6.30. The summed E-state index contributed by atoms with van der Waals surface area (Å²) in [6, 6.07) is 8.21. The summed E-state index contributed by atoms with van der Waals surface area (Å²) >= 11 is 5.57. The van der Waals surface area contributed by atoms with Crippen molar-refractivity contribution in [1.82, 2.24) is 9.88 Å². The lowest BCUT2D eigenvalue weighted by molar-refractivity contribution is 0.0907. The molecule has 0 radical (unpaired) electrons. The van der Waals surface area contributed by atoms with Crippen LogP contribution >= 0.6 is 11.6 Å². The van der Waals surface area contributed by atoms with E-state index < -0.39 is 17.8 Å². The van der Waals surface area contributed by atoms with Crippen molar-refractivity contribution in [3.05, 3.63) is 68.8 Å². The van der Waals surface area contributed by atoms with Crippen LogP contribution in [0.5, 0.6) is 0 Å². The molecule has 1 aromatic heterocycles. The van der Waals surface area contributed by atoms with Crippen LogP contribution in [0.4, 0.5) is 4.39 Å². The summed E-state index contributed by atoms with van der Waals surface area (Å²) < 4.78 is 14.5. The molecule has 116 valence electrons. The number of halogens is 2. The van der Waals surface area contributed by atoms with Crippen LogP contribution in [0.1, 0.15) is 22.2 Å². The average Bonchev–Trinajstić information content (AvgIpc) is 2.50. The number of hydrogen-bond acceptors (Lipinski definition) is 3. The van der Waals surface area contributed by atoms with Crippen LogP contribution in [-0.4, -0.2) is 22.1 Å². The largest absolute Gasteiger partial charge is 0.387 e. The molecule has 7 heteroatoms. The summed E-state index contributed by atoms with van der Waals surface area (Å²) in [5.41, 5.74) is 0.152. The second kappa shape index (κ2) is 6.72. The normalized spacial score (nSPS) is 12.0. The van der Waals surface area contributed by atoms with Crippen LogP contribution in [0.25, 0.3) is 0 Å². The number of carbonyl (C=O) groups is 1. The van der Waals surface area contributed by atoms with E-state index in [1.807, 2.05) is 0 Å². The van der Waals surface area contributed by atoms with E-state index in [-0.39, 0.29) is 22.8 Å². The Balaban J connectivity index is 2.05. The molecule has 2 aromatic rings. The lowest BCUT2D eigenvalue weighted by Gasteiger charge is -2.13. The highest BCUT2D eigenvalue weighted by Gasteiger charge is 2.14. The molecule has 22 heavy (non-hydrogen) atoms. The van der Waals surface area contributed by atoms with Gasteiger partial charge in [-0.3, -0.25) is 9.59 Å². The van der Waals surface area contributed by atoms with Crippen molar-refractivity contribution in [3.63, 3.8) is 0 Å². The van der Waals surface area contributed by atoms with Crippen molar-refractivity contribution >= 4 is 17.5 Å². The maximum absolute atomic E-state index is 13.3. The lowest BCUT2D eigenvalue weighted by atomic mass is 10.1. The predicted octanol–water partition coefficient (Wildman–Crippen LogP) is 1.64. The molecule has 0 aliphatic heterocycles. The molecule has 5 nitrogen and oxygen atoms in total. The van der Waals surface area contributed by atoms with Crippen molar-refractivity contribution in [1.29, 1.82) is 0 Å². The molecule has 0 saturated carbocycles. The first-order valence-electron chi connectivity index (χ1n) is 6.47. The van der Waals surface area contributed by atoms with E-state index in [1.165, 1.54) is 41.9 Å². The molecular formula is C15H14ClFN2O3. The fourth-order valence-corrected chi connectivity index (χ4v) is 2.03. The Labute approximate surface area is 131 Å². The van der Waals surface area contributed by atoms with Gasteiger partial charge in [-0.25, -0.2) is 4.39 Å². The Kier molecular flexibility index (Phi) is 4.95. The van der Waals surface area contributed by atoms with E-state index in [1.54, 1.807) is 0 Å². The standard InChI is InChI=1S/C15H14ClFN2O3/c1-19-12(3-2-4-14(19)21)15(22)18-8-13(20)9-5-6-10(16)11(17)7-9/h2-7,13,20H,8H2,1H3,(H,18,22). The van der Waals surface area contributed by atoms with Gasteiger partial charge in [-0.15, -0.1) is 0 Å². The van der Waals surface area contributed by atoms with Crippen LogP contribution in [0.2, 0.25) is 5.02 Å². The van der Waals surface area contributed by atoms with E-state index in [0.29, 0.717) is 5.56 Å². The highest BCUT2D eigenvalue weighted by Crippen LogP contribution is 2.19.